The lowest BCUT2D eigenvalue weighted by Crippen LogP contribution is -2.20. The molecular weight excluding hydrogens is 334 g/mol. The lowest BCUT2D eigenvalue weighted by Gasteiger charge is -2.19. The first-order chi connectivity index (χ1) is 9.74. The molecule has 0 amide bonds. The maximum absolute atomic E-state index is 6.02. The highest BCUT2D eigenvalue weighted by atomic mass is 79.9. The van der Waals surface area contributed by atoms with Crippen molar-refractivity contribution in [3.63, 3.8) is 0 Å². The maximum Gasteiger partial charge on any atom is 0.124 e. The number of ether oxygens (including phenoxy) is 1. The summed E-state index contributed by atoms with van der Waals surface area (Å²) in [6.07, 6.45) is 1.05. The predicted octanol–water partition coefficient (Wildman–Crippen LogP) is 5.15. The van der Waals surface area contributed by atoms with Crippen LogP contribution in [-0.4, -0.2) is 6.54 Å². The average Bonchev–Trinajstić information content (AvgIpc) is 2.89. The van der Waals surface area contributed by atoms with Crippen LogP contribution < -0.4 is 10.1 Å². The van der Waals surface area contributed by atoms with E-state index in [2.05, 4.69) is 65.4 Å². The predicted molar refractivity (Wildman–Crippen MR) is 89.5 cm³/mol. The highest BCUT2D eigenvalue weighted by molar-refractivity contribution is 9.11. The van der Waals surface area contributed by atoms with E-state index in [9.17, 15) is 0 Å². The van der Waals surface area contributed by atoms with Crippen LogP contribution in [0.4, 0.5) is 0 Å². The summed E-state index contributed by atoms with van der Waals surface area (Å²) in [5, 5.41) is 3.51. The van der Waals surface area contributed by atoms with Crippen LogP contribution in [0.3, 0.4) is 0 Å². The van der Waals surface area contributed by atoms with Crippen molar-refractivity contribution in [2.24, 2.45) is 0 Å². The SMILES string of the molecule is CCNC(CC)c1ccccc1OCc1ccc(Br)s1. The first-order valence-corrected chi connectivity index (χ1v) is 8.54. The van der Waals surface area contributed by atoms with E-state index in [0.29, 0.717) is 12.6 Å². The van der Waals surface area contributed by atoms with Crippen molar-refractivity contribution >= 4 is 27.3 Å². The molecule has 0 fully saturated rings. The number of para-hydroxylation sites is 1. The molecule has 20 heavy (non-hydrogen) atoms. The van der Waals surface area contributed by atoms with E-state index in [-0.39, 0.29) is 0 Å². The van der Waals surface area contributed by atoms with Gasteiger partial charge < -0.3 is 10.1 Å². The molecular formula is C16H20BrNOS. The third-order valence-corrected chi connectivity index (χ3v) is 4.75. The van der Waals surface area contributed by atoms with Gasteiger partial charge in [-0.2, -0.15) is 0 Å². The average molecular weight is 354 g/mol. The van der Waals surface area contributed by atoms with Gasteiger partial charge in [0.15, 0.2) is 0 Å². The van der Waals surface area contributed by atoms with Crippen LogP contribution in [0.25, 0.3) is 0 Å². The van der Waals surface area contributed by atoms with Crippen molar-refractivity contribution in [2.75, 3.05) is 6.54 Å². The van der Waals surface area contributed by atoms with Gasteiger partial charge in [0.2, 0.25) is 0 Å². The minimum absolute atomic E-state index is 0.353. The lowest BCUT2D eigenvalue weighted by molar-refractivity contribution is 0.302. The van der Waals surface area contributed by atoms with Gasteiger partial charge >= 0.3 is 0 Å². The van der Waals surface area contributed by atoms with Crippen molar-refractivity contribution in [1.29, 1.82) is 0 Å². The van der Waals surface area contributed by atoms with E-state index < -0.39 is 0 Å². The van der Waals surface area contributed by atoms with Crippen LogP contribution >= 0.6 is 27.3 Å². The zero-order chi connectivity index (χ0) is 14.4. The number of halogens is 1. The summed E-state index contributed by atoms with van der Waals surface area (Å²) in [6.45, 7) is 5.91. The number of nitrogens with one attached hydrogen (secondary N) is 1. The van der Waals surface area contributed by atoms with Gasteiger partial charge in [-0.05, 0) is 47.1 Å². The Morgan fingerprint density at radius 2 is 2.00 bits per heavy atom. The van der Waals surface area contributed by atoms with Crippen molar-refractivity contribution < 1.29 is 4.74 Å². The lowest BCUT2D eigenvalue weighted by atomic mass is 10.0. The van der Waals surface area contributed by atoms with Gasteiger partial charge in [-0.15, -0.1) is 11.3 Å². The third kappa shape index (κ3) is 4.08. The molecule has 1 heterocycles. The smallest absolute Gasteiger partial charge is 0.124 e. The molecule has 1 unspecified atom stereocenters. The van der Waals surface area contributed by atoms with E-state index in [1.165, 1.54) is 10.4 Å². The van der Waals surface area contributed by atoms with Crippen LogP contribution in [0.1, 0.15) is 36.8 Å². The molecule has 2 aromatic rings. The zero-order valence-electron chi connectivity index (χ0n) is 11.9. The Hall–Kier alpha value is -0.840. The molecule has 2 nitrogen and oxygen atoms in total. The topological polar surface area (TPSA) is 21.3 Å². The molecule has 0 spiro atoms. The summed E-state index contributed by atoms with van der Waals surface area (Å²) in [4.78, 5) is 1.23. The Morgan fingerprint density at radius 1 is 1.20 bits per heavy atom. The van der Waals surface area contributed by atoms with Crippen LogP contribution in [0, 0.1) is 0 Å². The maximum atomic E-state index is 6.02. The van der Waals surface area contributed by atoms with Gasteiger partial charge in [0.05, 0.1) is 3.79 Å². The molecule has 1 atom stereocenters. The molecule has 4 heteroatoms. The number of rotatable bonds is 7. The summed E-state index contributed by atoms with van der Waals surface area (Å²) in [5.41, 5.74) is 1.24. The highest BCUT2D eigenvalue weighted by Gasteiger charge is 2.13. The molecule has 0 bridgehead atoms. The highest BCUT2D eigenvalue weighted by Crippen LogP contribution is 2.29. The van der Waals surface area contributed by atoms with Gasteiger partial charge in [-0.1, -0.05) is 32.0 Å². The van der Waals surface area contributed by atoms with Gasteiger partial charge in [-0.3, -0.25) is 0 Å². The number of thiophene rings is 1. The van der Waals surface area contributed by atoms with E-state index in [4.69, 9.17) is 4.74 Å². The molecule has 0 radical (unpaired) electrons. The van der Waals surface area contributed by atoms with Gasteiger partial charge in [0.1, 0.15) is 12.4 Å². The molecule has 0 saturated heterocycles. The molecule has 0 aliphatic heterocycles. The fourth-order valence-electron chi connectivity index (χ4n) is 2.20. The van der Waals surface area contributed by atoms with Crippen molar-refractivity contribution in [3.8, 4) is 5.75 Å². The summed E-state index contributed by atoms with van der Waals surface area (Å²) < 4.78 is 7.16. The van der Waals surface area contributed by atoms with Crippen molar-refractivity contribution in [1.82, 2.24) is 5.32 Å². The molecule has 0 aliphatic carbocycles. The quantitative estimate of drug-likeness (QED) is 0.742. The van der Waals surface area contributed by atoms with Crippen molar-refractivity contribution in [3.05, 3.63) is 50.6 Å². The zero-order valence-corrected chi connectivity index (χ0v) is 14.3. The Balaban J connectivity index is 2.10. The van der Waals surface area contributed by atoms with Gasteiger partial charge in [0, 0.05) is 16.5 Å². The Kier molecular flexibility index (Phi) is 6.07. The number of hydrogen-bond acceptors (Lipinski definition) is 3. The Morgan fingerprint density at radius 3 is 2.65 bits per heavy atom. The summed E-state index contributed by atoms with van der Waals surface area (Å²) in [6, 6.07) is 12.8. The minimum atomic E-state index is 0.353. The fraction of sp³-hybridized carbons (Fsp3) is 0.375. The molecule has 0 aliphatic rings. The van der Waals surface area contributed by atoms with E-state index in [0.717, 1.165) is 22.5 Å². The third-order valence-electron chi connectivity index (χ3n) is 3.15. The van der Waals surface area contributed by atoms with Gasteiger partial charge in [-0.25, -0.2) is 0 Å². The van der Waals surface area contributed by atoms with Crippen molar-refractivity contribution in [2.45, 2.75) is 32.9 Å². The molecule has 108 valence electrons. The summed E-state index contributed by atoms with van der Waals surface area (Å²) in [7, 11) is 0. The van der Waals surface area contributed by atoms with Crippen LogP contribution in [0.5, 0.6) is 5.75 Å². The first kappa shape index (κ1) is 15.5. The standard InChI is InChI=1S/C16H20BrNOS/c1-3-14(18-4-2)13-7-5-6-8-15(13)19-11-12-9-10-16(17)20-12/h5-10,14,18H,3-4,11H2,1-2H3. The second-order valence-corrected chi connectivity index (χ2v) is 7.10. The van der Waals surface area contributed by atoms with E-state index in [1.54, 1.807) is 11.3 Å². The molecule has 2 rings (SSSR count). The minimum Gasteiger partial charge on any atom is -0.488 e. The van der Waals surface area contributed by atoms with E-state index in [1.807, 2.05) is 6.07 Å². The van der Waals surface area contributed by atoms with Crippen LogP contribution in [0.2, 0.25) is 0 Å². The van der Waals surface area contributed by atoms with Crippen LogP contribution in [-0.2, 0) is 6.61 Å². The second-order valence-electron chi connectivity index (χ2n) is 4.55. The summed E-state index contributed by atoms with van der Waals surface area (Å²) >= 11 is 5.19. The van der Waals surface area contributed by atoms with Gasteiger partial charge in [0.25, 0.3) is 0 Å². The Labute approximate surface area is 133 Å². The second kappa shape index (κ2) is 7.81. The van der Waals surface area contributed by atoms with Crippen LogP contribution in [0.15, 0.2) is 40.2 Å². The summed E-state index contributed by atoms with van der Waals surface area (Å²) in [5.74, 6) is 0.977. The van der Waals surface area contributed by atoms with E-state index >= 15 is 0 Å². The molecule has 0 saturated carbocycles. The first-order valence-electron chi connectivity index (χ1n) is 6.93. The Bertz CT molecular complexity index is 541. The fourth-order valence-corrected chi connectivity index (χ4v) is 3.60. The molecule has 1 aromatic heterocycles. The molecule has 1 aromatic carbocycles. The normalized spacial score (nSPS) is 12.3. The molecule has 1 N–H and O–H groups in total. The monoisotopic (exact) mass is 353 g/mol. The largest absolute Gasteiger partial charge is 0.488 e. The number of benzene rings is 1. The number of hydrogen-bond donors (Lipinski definition) is 1.